The van der Waals surface area contributed by atoms with Gasteiger partial charge in [-0.05, 0) is 30.9 Å². The molecule has 0 aliphatic carbocycles. The molecule has 1 atom stereocenters. The summed E-state index contributed by atoms with van der Waals surface area (Å²) in [6, 6.07) is 11.4. The highest BCUT2D eigenvalue weighted by molar-refractivity contribution is 5.18. The maximum absolute atomic E-state index is 3.74. The van der Waals surface area contributed by atoms with E-state index in [9.17, 15) is 0 Å². The Bertz CT molecular complexity index is 305. The van der Waals surface area contributed by atoms with Crippen LogP contribution in [0.5, 0.6) is 0 Å². The van der Waals surface area contributed by atoms with Crippen molar-refractivity contribution in [3.05, 3.63) is 35.9 Å². The second kappa shape index (κ2) is 10.0. The average Bonchev–Trinajstić information content (AvgIpc) is 2.42. The fourth-order valence-electron chi connectivity index (χ4n) is 2.50. The van der Waals surface area contributed by atoms with Gasteiger partial charge >= 0.3 is 0 Å². The van der Waals surface area contributed by atoms with Crippen LogP contribution in [0.1, 0.15) is 70.9 Å². The van der Waals surface area contributed by atoms with E-state index in [-0.39, 0.29) is 0 Å². The predicted octanol–water partition coefficient (Wildman–Crippen LogP) is 5.33. The molecule has 1 rings (SSSR count). The predicted molar refractivity (Wildman–Crippen MR) is 85.4 cm³/mol. The van der Waals surface area contributed by atoms with Crippen LogP contribution < -0.4 is 5.32 Å². The topological polar surface area (TPSA) is 12.0 Å². The molecule has 1 heteroatoms. The smallest absolute Gasteiger partial charge is 0.0322 e. The molecular weight excluding hydrogens is 230 g/mol. The van der Waals surface area contributed by atoms with Crippen LogP contribution in [-0.4, -0.2) is 6.54 Å². The van der Waals surface area contributed by atoms with Crippen molar-refractivity contribution in [1.82, 2.24) is 5.32 Å². The van der Waals surface area contributed by atoms with Crippen LogP contribution >= 0.6 is 0 Å². The maximum atomic E-state index is 3.74. The largest absolute Gasteiger partial charge is 0.310 e. The third-order valence-corrected chi connectivity index (χ3v) is 3.58. The normalized spacial score (nSPS) is 12.8. The minimum absolute atomic E-state index is 0.521. The number of hydrogen-bond donors (Lipinski definition) is 1. The third-order valence-electron chi connectivity index (χ3n) is 3.58. The first kappa shape index (κ1) is 16.2. The summed E-state index contributed by atoms with van der Waals surface area (Å²) in [6.45, 7) is 8.03. The summed E-state index contributed by atoms with van der Waals surface area (Å²) in [5.41, 5.74) is 1.43. The molecule has 0 heterocycles. The minimum Gasteiger partial charge on any atom is -0.310 e. The number of nitrogens with one attached hydrogen (secondary N) is 1. The molecule has 0 saturated heterocycles. The number of rotatable bonds is 10. The van der Waals surface area contributed by atoms with Gasteiger partial charge in [-0.1, -0.05) is 76.8 Å². The number of hydrogen-bond acceptors (Lipinski definition) is 1. The van der Waals surface area contributed by atoms with Gasteiger partial charge in [-0.25, -0.2) is 0 Å². The highest BCUT2D eigenvalue weighted by atomic mass is 14.9. The molecule has 1 unspecified atom stereocenters. The fraction of sp³-hybridized carbons (Fsp3) is 0.667. The Kier molecular flexibility index (Phi) is 8.57. The van der Waals surface area contributed by atoms with E-state index in [1.165, 1.54) is 44.1 Å². The van der Waals surface area contributed by atoms with Gasteiger partial charge in [-0.3, -0.25) is 0 Å². The monoisotopic (exact) mass is 261 g/mol. The minimum atomic E-state index is 0.521. The zero-order chi connectivity index (χ0) is 13.9. The summed E-state index contributed by atoms with van der Waals surface area (Å²) in [7, 11) is 0. The van der Waals surface area contributed by atoms with Crippen LogP contribution in [0.3, 0.4) is 0 Å². The van der Waals surface area contributed by atoms with E-state index in [0.717, 1.165) is 12.5 Å². The maximum Gasteiger partial charge on any atom is 0.0322 e. The van der Waals surface area contributed by atoms with Gasteiger partial charge in [-0.2, -0.15) is 0 Å². The van der Waals surface area contributed by atoms with E-state index in [2.05, 4.69) is 56.4 Å². The van der Waals surface area contributed by atoms with Gasteiger partial charge in [0.15, 0.2) is 0 Å². The van der Waals surface area contributed by atoms with Crippen molar-refractivity contribution in [2.24, 2.45) is 5.92 Å². The van der Waals surface area contributed by atoms with Gasteiger partial charge in [-0.15, -0.1) is 0 Å². The molecule has 0 amide bonds. The highest BCUT2D eigenvalue weighted by Gasteiger charge is 2.11. The molecule has 0 bridgehead atoms. The Hall–Kier alpha value is -0.820. The third kappa shape index (κ3) is 7.37. The van der Waals surface area contributed by atoms with Crippen LogP contribution in [0.4, 0.5) is 0 Å². The number of benzene rings is 1. The summed E-state index contributed by atoms with van der Waals surface area (Å²) in [4.78, 5) is 0. The Morgan fingerprint density at radius 2 is 1.63 bits per heavy atom. The van der Waals surface area contributed by atoms with Crippen LogP contribution in [-0.2, 0) is 0 Å². The van der Waals surface area contributed by atoms with Crippen molar-refractivity contribution >= 4 is 0 Å². The highest BCUT2D eigenvalue weighted by Crippen LogP contribution is 2.21. The van der Waals surface area contributed by atoms with E-state index in [0.29, 0.717) is 6.04 Å². The van der Waals surface area contributed by atoms with Gasteiger partial charge in [0.25, 0.3) is 0 Å². The first-order chi connectivity index (χ1) is 9.24. The molecule has 0 radical (unpaired) electrons. The standard InChI is InChI=1S/C18H31N/c1-4-5-6-7-11-14-19-18(15-16(2)3)17-12-9-8-10-13-17/h8-10,12-13,16,18-19H,4-7,11,14-15H2,1-3H3. The molecule has 0 saturated carbocycles. The molecule has 0 aliphatic rings. The first-order valence-corrected chi connectivity index (χ1v) is 8.02. The molecular formula is C18H31N. The number of unbranched alkanes of at least 4 members (excludes halogenated alkanes) is 4. The SMILES string of the molecule is CCCCCCCNC(CC(C)C)c1ccccc1. The second-order valence-electron chi connectivity index (χ2n) is 5.96. The summed E-state index contributed by atoms with van der Waals surface area (Å²) < 4.78 is 0. The molecule has 1 N–H and O–H groups in total. The fourth-order valence-corrected chi connectivity index (χ4v) is 2.50. The molecule has 0 aliphatic heterocycles. The van der Waals surface area contributed by atoms with Crippen molar-refractivity contribution in [2.75, 3.05) is 6.54 Å². The summed E-state index contributed by atoms with van der Waals surface area (Å²) in [5.74, 6) is 0.734. The zero-order valence-electron chi connectivity index (χ0n) is 13.0. The molecule has 0 fully saturated rings. The van der Waals surface area contributed by atoms with Crippen molar-refractivity contribution in [1.29, 1.82) is 0 Å². The molecule has 1 aromatic rings. The van der Waals surface area contributed by atoms with Gasteiger partial charge in [0.05, 0.1) is 0 Å². The first-order valence-electron chi connectivity index (χ1n) is 8.02. The van der Waals surface area contributed by atoms with Crippen LogP contribution in [0.25, 0.3) is 0 Å². The second-order valence-corrected chi connectivity index (χ2v) is 5.96. The van der Waals surface area contributed by atoms with E-state index in [1.54, 1.807) is 0 Å². The van der Waals surface area contributed by atoms with Crippen molar-refractivity contribution in [2.45, 2.75) is 65.3 Å². The van der Waals surface area contributed by atoms with Gasteiger partial charge < -0.3 is 5.32 Å². The lowest BCUT2D eigenvalue weighted by Crippen LogP contribution is -2.23. The van der Waals surface area contributed by atoms with E-state index < -0.39 is 0 Å². The Morgan fingerprint density at radius 3 is 2.26 bits per heavy atom. The lowest BCUT2D eigenvalue weighted by molar-refractivity contribution is 0.422. The molecule has 0 aromatic heterocycles. The van der Waals surface area contributed by atoms with Crippen molar-refractivity contribution in [3.8, 4) is 0 Å². The van der Waals surface area contributed by atoms with Gasteiger partial charge in [0, 0.05) is 6.04 Å². The lowest BCUT2D eigenvalue weighted by atomic mass is 9.97. The average molecular weight is 261 g/mol. The molecule has 1 nitrogen and oxygen atoms in total. The summed E-state index contributed by atoms with van der Waals surface area (Å²) >= 11 is 0. The van der Waals surface area contributed by atoms with Crippen LogP contribution in [0.2, 0.25) is 0 Å². The van der Waals surface area contributed by atoms with E-state index in [1.807, 2.05) is 0 Å². The Morgan fingerprint density at radius 1 is 0.947 bits per heavy atom. The molecule has 108 valence electrons. The van der Waals surface area contributed by atoms with Crippen LogP contribution in [0.15, 0.2) is 30.3 Å². The molecule has 0 spiro atoms. The van der Waals surface area contributed by atoms with E-state index >= 15 is 0 Å². The summed E-state index contributed by atoms with van der Waals surface area (Å²) in [5, 5.41) is 3.74. The van der Waals surface area contributed by atoms with Gasteiger partial charge in [0.1, 0.15) is 0 Å². The van der Waals surface area contributed by atoms with Crippen molar-refractivity contribution in [3.63, 3.8) is 0 Å². The summed E-state index contributed by atoms with van der Waals surface area (Å²) in [6.07, 6.45) is 7.99. The Balaban J connectivity index is 2.34. The molecule has 19 heavy (non-hydrogen) atoms. The lowest BCUT2D eigenvalue weighted by Gasteiger charge is -2.21. The zero-order valence-corrected chi connectivity index (χ0v) is 13.0. The van der Waals surface area contributed by atoms with Gasteiger partial charge in [0.2, 0.25) is 0 Å². The molecule has 1 aromatic carbocycles. The van der Waals surface area contributed by atoms with Crippen molar-refractivity contribution < 1.29 is 0 Å². The van der Waals surface area contributed by atoms with Crippen LogP contribution in [0, 0.1) is 5.92 Å². The Labute approximate surface area is 119 Å². The van der Waals surface area contributed by atoms with E-state index in [4.69, 9.17) is 0 Å². The quantitative estimate of drug-likeness (QED) is 0.561.